The third-order valence-electron chi connectivity index (χ3n) is 2.25. The summed E-state index contributed by atoms with van der Waals surface area (Å²) < 4.78 is 0. The number of aldehydes is 1. The van der Waals surface area contributed by atoms with E-state index in [-0.39, 0.29) is 5.25 Å². The number of nitrogens with zero attached hydrogens (tertiary/aromatic N) is 1. The standard InChI is InChI=1S/C12H13NO2S/c1-8(15)9(2)16-12-4-3-10(7-14)5-11(12)6-13/h3-5,7-9,15H,1-2H3. The lowest BCUT2D eigenvalue weighted by molar-refractivity contribution is 0.112. The summed E-state index contributed by atoms with van der Waals surface area (Å²) in [7, 11) is 0. The highest BCUT2D eigenvalue weighted by Gasteiger charge is 2.13. The Labute approximate surface area is 99.1 Å². The van der Waals surface area contributed by atoms with Gasteiger partial charge in [0.05, 0.1) is 11.7 Å². The molecule has 0 amide bonds. The minimum absolute atomic E-state index is 0.00850. The average molecular weight is 235 g/mol. The third kappa shape index (κ3) is 3.09. The molecule has 0 heterocycles. The zero-order valence-electron chi connectivity index (χ0n) is 9.18. The summed E-state index contributed by atoms with van der Waals surface area (Å²) in [6, 6.07) is 7.03. The molecule has 1 aromatic rings. The van der Waals surface area contributed by atoms with E-state index in [0.29, 0.717) is 17.4 Å². The number of carbonyl (C=O) groups is 1. The zero-order valence-corrected chi connectivity index (χ0v) is 9.99. The van der Waals surface area contributed by atoms with Crippen molar-refractivity contribution in [3.8, 4) is 6.07 Å². The van der Waals surface area contributed by atoms with E-state index in [1.54, 1.807) is 25.1 Å². The Morgan fingerprint density at radius 3 is 2.69 bits per heavy atom. The van der Waals surface area contributed by atoms with Gasteiger partial charge in [0, 0.05) is 15.7 Å². The molecule has 84 valence electrons. The van der Waals surface area contributed by atoms with Crippen molar-refractivity contribution in [2.45, 2.75) is 30.1 Å². The van der Waals surface area contributed by atoms with Gasteiger partial charge in [-0.3, -0.25) is 4.79 Å². The number of aliphatic hydroxyl groups is 1. The fraction of sp³-hybridized carbons (Fsp3) is 0.333. The summed E-state index contributed by atoms with van der Waals surface area (Å²) >= 11 is 1.43. The number of rotatable bonds is 4. The van der Waals surface area contributed by atoms with E-state index >= 15 is 0 Å². The number of benzene rings is 1. The molecule has 1 rings (SSSR count). The lowest BCUT2D eigenvalue weighted by Crippen LogP contribution is -2.15. The van der Waals surface area contributed by atoms with Crippen molar-refractivity contribution in [3.05, 3.63) is 29.3 Å². The Kier molecular flexibility index (Phi) is 4.53. The van der Waals surface area contributed by atoms with E-state index in [9.17, 15) is 9.90 Å². The molecule has 0 spiro atoms. The molecule has 16 heavy (non-hydrogen) atoms. The molecule has 1 N–H and O–H groups in total. The van der Waals surface area contributed by atoms with Crippen molar-refractivity contribution in [1.82, 2.24) is 0 Å². The topological polar surface area (TPSA) is 61.1 Å². The van der Waals surface area contributed by atoms with Crippen LogP contribution < -0.4 is 0 Å². The van der Waals surface area contributed by atoms with Gasteiger partial charge in [-0.25, -0.2) is 0 Å². The number of carbonyl (C=O) groups excluding carboxylic acids is 1. The highest BCUT2D eigenvalue weighted by atomic mass is 32.2. The smallest absolute Gasteiger partial charge is 0.150 e. The van der Waals surface area contributed by atoms with Crippen LogP contribution in [0.1, 0.15) is 29.8 Å². The molecule has 0 aliphatic rings. The maximum Gasteiger partial charge on any atom is 0.150 e. The second-order valence-electron chi connectivity index (χ2n) is 3.55. The molecule has 1 aromatic carbocycles. The first-order chi connectivity index (χ1) is 7.58. The van der Waals surface area contributed by atoms with Crippen molar-refractivity contribution in [3.63, 3.8) is 0 Å². The minimum atomic E-state index is -0.442. The molecule has 0 aliphatic carbocycles. The van der Waals surface area contributed by atoms with Gasteiger partial charge in [-0.15, -0.1) is 11.8 Å². The molecule has 3 nitrogen and oxygen atoms in total. The molecule has 0 radical (unpaired) electrons. The molecule has 0 saturated carbocycles. The van der Waals surface area contributed by atoms with Gasteiger partial charge in [-0.05, 0) is 19.1 Å². The quantitative estimate of drug-likeness (QED) is 0.642. The van der Waals surface area contributed by atoms with Crippen molar-refractivity contribution in [2.75, 3.05) is 0 Å². The Bertz CT molecular complexity index is 424. The van der Waals surface area contributed by atoms with Gasteiger partial charge in [0.25, 0.3) is 0 Å². The number of aliphatic hydroxyl groups excluding tert-OH is 1. The number of nitriles is 1. The Morgan fingerprint density at radius 1 is 1.50 bits per heavy atom. The summed E-state index contributed by atoms with van der Waals surface area (Å²) in [5, 5.41) is 18.3. The van der Waals surface area contributed by atoms with Crippen molar-refractivity contribution < 1.29 is 9.90 Å². The van der Waals surface area contributed by atoms with Crippen LogP contribution in [0.5, 0.6) is 0 Å². The van der Waals surface area contributed by atoms with E-state index in [0.717, 1.165) is 4.90 Å². The molecular weight excluding hydrogens is 222 g/mol. The minimum Gasteiger partial charge on any atom is -0.392 e. The predicted octanol–water partition coefficient (Wildman–Crippen LogP) is 2.23. The van der Waals surface area contributed by atoms with Gasteiger partial charge in [0.15, 0.2) is 0 Å². The van der Waals surface area contributed by atoms with Gasteiger partial charge < -0.3 is 5.11 Å². The number of thioether (sulfide) groups is 1. The molecule has 2 atom stereocenters. The van der Waals surface area contributed by atoms with E-state index in [1.807, 2.05) is 6.92 Å². The lowest BCUT2D eigenvalue weighted by Gasteiger charge is -2.14. The van der Waals surface area contributed by atoms with Gasteiger partial charge in [-0.1, -0.05) is 13.0 Å². The summed E-state index contributed by atoms with van der Waals surface area (Å²) in [5.74, 6) is 0. The zero-order chi connectivity index (χ0) is 12.1. The lowest BCUT2D eigenvalue weighted by atomic mass is 10.1. The normalized spacial score (nSPS) is 13.9. The van der Waals surface area contributed by atoms with Gasteiger partial charge in [0.2, 0.25) is 0 Å². The van der Waals surface area contributed by atoms with Crippen LogP contribution in [0, 0.1) is 11.3 Å². The van der Waals surface area contributed by atoms with Crippen LogP contribution in [0.3, 0.4) is 0 Å². The monoisotopic (exact) mass is 235 g/mol. The SMILES string of the molecule is CC(O)C(C)Sc1ccc(C=O)cc1C#N. The number of hydrogen-bond donors (Lipinski definition) is 1. The molecule has 4 heteroatoms. The van der Waals surface area contributed by atoms with E-state index in [1.165, 1.54) is 11.8 Å². The molecule has 2 unspecified atom stereocenters. The Balaban J connectivity index is 2.97. The second kappa shape index (κ2) is 5.69. The molecule has 0 saturated heterocycles. The highest BCUT2D eigenvalue weighted by molar-refractivity contribution is 8.00. The third-order valence-corrected chi connectivity index (χ3v) is 3.63. The van der Waals surface area contributed by atoms with Gasteiger partial charge in [0.1, 0.15) is 12.4 Å². The van der Waals surface area contributed by atoms with Crippen molar-refractivity contribution in [1.29, 1.82) is 5.26 Å². The average Bonchev–Trinajstić information content (AvgIpc) is 2.29. The first-order valence-corrected chi connectivity index (χ1v) is 5.80. The van der Waals surface area contributed by atoms with Crippen molar-refractivity contribution >= 4 is 18.0 Å². The van der Waals surface area contributed by atoms with Crippen LogP contribution in [0.2, 0.25) is 0 Å². The Hall–Kier alpha value is -1.31. The molecule has 0 aliphatic heterocycles. The Morgan fingerprint density at radius 2 is 2.19 bits per heavy atom. The van der Waals surface area contributed by atoms with Crippen molar-refractivity contribution in [2.24, 2.45) is 0 Å². The fourth-order valence-corrected chi connectivity index (χ4v) is 2.09. The molecule has 0 fully saturated rings. The maximum absolute atomic E-state index is 10.6. The maximum atomic E-state index is 10.6. The fourth-order valence-electron chi connectivity index (χ4n) is 1.11. The summed E-state index contributed by atoms with van der Waals surface area (Å²) in [6.45, 7) is 3.60. The largest absolute Gasteiger partial charge is 0.392 e. The first kappa shape index (κ1) is 12.8. The number of hydrogen-bond acceptors (Lipinski definition) is 4. The first-order valence-electron chi connectivity index (χ1n) is 4.92. The highest BCUT2D eigenvalue weighted by Crippen LogP contribution is 2.28. The summed E-state index contributed by atoms with van der Waals surface area (Å²) in [5.41, 5.74) is 0.965. The molecule has 0 aromatic heterocycles. The van der Waals surface area contributed by atoms with Crippen LogP contribution in [0.25, 0.3) is 0 Å². The van der Waals surface area contributed by atoms with Crippen LogP contribution in [-0.2, 0) is 0 Å². The van der Waals surface area contributed by atoms with Gasteiger partial charge in [-0.2, -0.15) is 5.26 Å². The molecule has 0 bridgehead atoms. The summed E-state index contributed by atoms with van der Waals surface area (Å²) in [6.07, 6.45) is 0.273. The van der Waals surface area contributed by atoms with Crippen LogP contribution in [0.15, 0.2) is 23.1 Å². The van der Waals surface area contributed by atoms with E-state index in [4.69, 9.17) is 5.26 Å². The van der Waals surface area contributed by atoms with Crippen LogP contribution >= 0.6 is 11.8 Å². The predicted molar refractivity (Wildman–Crippen MR) is 63.5 cm³/mol. The van der Waals surface area contributed by atoms with Crippen LogP contribution in [0.4, 0.5) is 0 Å². The molecular formula is C12H13NO2S. The van der Waals surface area contributed by atoms with E-state index < -0.39 is 6.10 Å². The second-order valence-corrected chi connectivity index (χ2v) is 4.97. The van der Waals surface area contributed by atoms with Gasteiger partial charge >= 0.3 is 0 Å². The summed E-state index contributed by atoms with van der Waals surface area (Å²) in [4.78, 5) is 11.4. The van der Waals surface area contributed by atoms with E-state index in [2.05, 4.69) is 6.07 Å². The van der Waals surface area contributed by atoms with Crippen LogP contribution in [-0.4, -0.2) is 22.7 Å².